The number of alkyl carbamates (subject to hydrolysis) is 1. The normalized spacial score (nSPS) is 14.7. The van der Waals surface area contributed by atoms with E-state index in [1.807, 2.05) is 42.5 Å². The van der Waals surface area contributed by atoms with Crippen LogP contribution in [0.15, 0.2) is 66.7 Å². The molecule has 1 aliphatic heterocycles. The smallest absolute Gasteiger partial charge is 0.407 e. The molecule has 1 unspecified atom stereocenters. The third-order valence-electron chi connectivity index (χ3n) is 5.53. The van der Waals surface area contributed by atoms with Crippen molar-refractivity contribution in [2.45, 2.75) is 9.84 Å². The molecule has 30 heavy (non-hydrogen) atoms. The van der Waals surface area contributed by atoms with Gasteiger partial charge in [0.05, 0.1) is 3.92 Å². The highest BCUT2D eigenvalue weighted by molar-refractivity contribution is 14.1. The number of nitrogens with one attached hydrogen (secondary N) is 1. The molecule has 152 valence electrons. The first-order chi connectivity index (χ1) is 14.7. The minimum absolute atomic E-state index is 0.0624. The van der Waals surface area contributed by atoms with E-state index < -0.39 is 6.09 Å². The molecule has 3 aromatic carbocycles. The van der Waals surface area contributed by atoms with Gasteiger partial charge in [0.2, 0.25) is 6.79 Å². The molecule has 2 aliphatic rings. The van der Waals surface area contributed by atoms with Crippen LogP contribution in [0.2, 0.25) is 0 Å². The van der Waals surface area contributed by atoms with E-state index >= 15 is 0 Å². The van der Waals surface area contributed by atoms with Gasteiger partial charge in [0.1, 0.15) is 6.61 Å². The summed E-state index contributed by atoms with van der Waals surface area (Å²) >= 11 is 2.31. The van der Waals surface area contributed by atoms with Gasteiger partial charge >= 0.3 is 6.09 Å². The molecule has 0 radical (unpaired) electrons. The van der Waals surface area contributed by atoms with Crippen molar-refractivity contribution in [2.24, 2.45) is 0 Å². The van der Waals surface area contributed by atoms with Crippen molar-refractivity contribution < 1.29 is 19.0 Å². The molecule has 6 heteroatoms. The van der Waals surface area contributed by atoms with Gasteiger partial charge in [0.15, 0.2) is 11.5 Å². The molecule has 1 N–H and O–H groups in total. The Labute approximate surface area is 188 Å². The van der Waals surface area contributed by atoms with E-state index in [1.165, 1.54) is 22.3 Å². The summed E-state index contributed by atoms with van der Waals surface area (Å²) in [5.74, 6) is 1.56. The SMILES string of the molecule is O=C(NCC(I)c1ccc2c(c1)OCO2)OCC1c2ccccc2-c2ccccc21. The maximum Gasteiger partial charge on any atom is 0.407 e. The monoisotopic (exact) mass is 513 g/mol. The molecule has 0 fully saturated rings. The molecular weight excluding hydrogens is 493 g/mol. The molecule has 0 spiro atoms. The summed E-state index contributed by atoms with van der Waals surface area (Å²) in [7, 11) is 0. The van der Waals surface area contributed by atoms with E-state index in [0.717, 1.165) is 17.1 Å². The van der Waals surface area contributed by atoms with Gasteiger partial charge in [-0.2, -0.15) is 0 Å². The van der Waals surface area contributed by atoms with Crippen molar-refractivity contribution in [3.63, 3.8) is 0 Å². The van der Waals surface area contributed by atoms with E-state index in [9.17, 15) is 4.79 Å². The van der Waals surface area contributed by atoms with E-state index in [1.54, 1.807) is 0 Å². The van der Waals surface area contributed by atoms with Crippen LogP contribution in [0, 0.1) is 0 Å². The van der Waals surface area contributed by atoms with Crippen LogP contribution in [0.3, 0.4) is 0 Å². The van der Waals surface area contributed by atoms with Crippen molar-refractivity contribution in [3.05, 3.63) is 83.4 Å². The molecule has 5 nitrogen and oxygen atoms in total. The number of fused-ring (bicyclic) bond motifs is 4. The molecule has 1 aliphatic carbocycles. The standard InChI is InChI=1S/C24H20INO4/c25-21(15-9-10-22-23(11-15)30-14-29-22)12-26-24(27)28-13-20-18-7-3-1-5-16(18)17-6-2-4-8-19(17)20/h1-11,20-21H,12-14H2,(H,26,27). The van der Waals surface area contributed by atoms with Crippen molar-refractivity contribution in [3.8, 4) is 22.6 Å². The van der Waals surface area contributed by atoms with E-state index in [-0.39, 0.29) is 16.6 Å². The molecule has 1 amide bonds. The Bertz CT molecular complexity index is 1050. The Hall–Kier alpha value is -2.74. The number of hydrogen-bond donors (Lipinski definition) is 1. The number of alkyl halides is 1. The first-order valence-electron chi connectivity index (χ1n) is 9.83. The number of halogens is 1. The van der Waals surface area contributed by atoms with Gasteiger partial charge in [0.25, 0.3) is 0 Å². The maximum atomic E-state index is 12.4. The summed E-state index contributed by atoms with van der Waals surface area (Å²) in [6, 6.07) is 22.5. The number of rotatable bonds is 5. The largest absolute Gasteiger partial charge is 0.454 e. The van der Waals surface area contributed by atoms with Crippen molar-refractivity contribution in [1.29, 1.82) is 0 Å². The lowest BCUT2D eigenvalue weighted by atomic mass is 9.98. The van der Waals surface area contributed by atoms with Gasteiger partial charge in [-0.15, -0.1) is 0 Å². The molecule has 0 aromatic heterocycles. The van der Waals surface area contributed by atoms with Crippen molar-refractivity contribution in [2.75, 3.05) is 19.9 Å². The van der Waals surface area contributed by atoms with Crippen LogP contribution in [0.4, 0.5) is 4.79 Å². The van der Waals surface area contributed by atoms with Crippen LogP contribution >= 0.6 is 22.6 Å². The Kier molecular flexibility index (Phi) is 5.25. The number of hydrogen-bond acceptors (Lipinski definition) is 4. The van der Waals surface area contributed by atoms with Crippen LogP contribution in [-0.4, -0.2) is 26.0 Å². The van der Waals surface area contributed by atoms with Crippen LogP contribution < -0.4 is 14.8 Å². The van der Waals surface area contributed by atoms with Gasteiger partial charge in [-0.05, 0) is 39.9 Å². The third kappa shape index (κ3) is 3.60. The number of amides is 1. The number of ether oxygens (including phenoxy) is 3. The molecule has 0 saturated heterocycles. The Morgan fingerprint density at radius 2 is 1.67 bits per heavy atom. The fraction of sp³-hybridized carbons (Fsp3) is 0.208. The van der Waals surface area contributed by atoms with E-state index in [2.05, 4.69) is 52.2 Å². The first-order valence-corrected chi connectivity index (χ1v) is 11.1. The average Bonchev–Trinajstić information content (AvgIpc) is 3.38. The third-order valence-corrected chi connectivity index (χ3v) is 6.69. The van der Waals surface area contributed by atoms with Gasteiger partial charge in [-0.1, -0.05) is 77.2 Å². The molecule has 3 aromatic rings. The van der Waals surface area contributed by atoms with Crippen LogP contribution in [0.5, 0.6) is 11.5 Å². The molecule has 1 heterocycles. The van der Waals surface area contributed by atoms with E-state index in [0.29, 0.717) is 13.2 Å². The summed E-state index contributed by atoms with van der Waals surface area (Å²) in [4.78, 5) is 12.4. The Morgan fingerprint density at radius 3 is 2.40 bits per heavy atom. The zero-order valence-electron chi connectivity index (χ0n) is 16.1. The lowest BCUT2D eigenvalue weighted by Gasteiger charge is -2.16. The van der Waals surface area contributed by atoms with Gasteiger partial charge < -0.3 is 19.5 Å². The fourth-order valence-corrected chi connectivity index (χ4v) is 4.66. The first kappa shape index (κ1) is 19.2. The van der Waals surface area contributed by atoms with Gasteiger partial charge in [-0.3, -0.25) is 0 Å². The Balaban J connectivity index is 1.20. The second kappa shape index (κ2) is 8.18. The summed E-state index contributed by atoms with van der Waals surface area (Å²) in [5.41, 5.74) is 5.92. The summed E-state index contributed by atoms with van der Waals surface area (Å²) in [5, 5.41) is 2.88. The maximum absolute atomic E-state index is 12.4. The second-order valence-corrected chi connectivity index (χ2v) is 8.79. The van der Waals surface area contributed by atoms with Crippen molar-refractivity contribution >= 4 is 28.7 Å². The van der Waals surface area contributed by atoms with Crippen molar-refractivity contribution in [1.82, 2.24) is 5.32 Å². The predicted octanol–water partition coefficient (Wildman–Crippen LogP) is 5.43. The van der Waals surface area contributed by atoms with Crippen LogP contribution in [-0.2, 0) is 4.74 Å². The fourth-order valence-electron chi connectivity index (χ4n) is 4.05. The molecule has 0 saturated carbocycles. The zero-order chi connectivity index (χ0) is 20.5. The highest BCUT2D eigenvalue weighted by Crippen LogP contribution is 2.44. The molecule has 5 rings (SSSR count). The average molecular weight is 513 g/mol. The summed E-state index contributed by atoms with van der Waals surface area (Å²) in [6.45, 7) is 1.04. The number of carbonyl (C=O) groups is 1. The van der Waals surface area contributed by atoms with E-state index in [4.69, 9.17) is 14.2 Å². The Morgan fingerprint density at radius 1 is 1.00 bits per heavy atom. The second-order valence-electron chi connectivity index (χ2n) is 7.29. The van der Waals surface area contributed by atoms with Gasteiger partial charge in [0, 0.05) is 12.5 Å². The number of benzene rings is 3. The van der Waals surface area contributed by atoms with Gasteiger partial charge in [-0.25, -0.2) is 4.79 Å². The van der Waals surface area contributed by atoms with Crippen LogP contribution in [0.1, 0.15) is 26.5 Å². The predicted molar refractivity (Wildman–Crippen MR) is 122 cm³/mol. The minimum Gasteiger partial charge on any atom is -0.454 e. The molecule has 0 bridgehead atoms. The highest BCUT2D eigenvalue weighted by atomic mass is 127. The minimum atomic E-state index is -0.403. The number of carbonyl (C=O) groups excluding carboxylic acids is 1. The molecular formula is C24H20INO4. The summed E-state index contributed by atoms with van der Waals surface area (Å²) in [6.07, 6.45) is -0.403. The topological polar surface area (TPSA) is 56.8 Å². The lowest BCUT2D eigenvalue weighted by Crippen LogP contribution is -2.28. The highest BCUT2D eigenvalue weighted by Gasteiger charge is 2.29. The van der Waals surface area contributed by atoms with Crippen LogP contribution in [0.25, 0.3) is 11.1 Å². The zero-order valence-corrected chi connectivity index (χ0v) is 18.3. The lowest BCUT2D eigenvalue weighted by molar-refractivity contribution is 0.143. The summed E-state index contributed by atoms with van der Waals surface area (Å²) < 4.78 is 16.5. The molecule has 1 atom stereocenters. The quantitative estimate of drug-likeness (QED) is 0.365.